The molecule has 0 radical (unpaired) electrons. The highest BCUT2D eigenvalue weighted by molar-refractivity contribution is 5.76. The molecule has 1 aliphatic heterocycles. The van der Waals surface area contributed by atoms with Gasteiger partial charge in [-0.2, -0.15) is 0 Å². The lowest BCUT2D eigenvalue weighted by molar-refractivity contribution is -0.156. The molecule has 0 aliphatic carbocycles. The Morgan fingerprint density at radius 1 is 1.62 bits per heavy atom. The van der Waals surface area contributed by atoms with E-state index in [9.17, 15) is 9.90 Å². The first-order chi connectivity index (χ1) is 7.47. The van der Waals surface area contributed by atoms with E-state index in [0.717, 1.165) is 19.4 Å². The van der Waals surface area contributed by atoms with Crippen LogP contribution in [-0.2, 0) is 9.53 Å². The molecular formula is C11H21NO4. The fraction of sp³-hybridized carbons (Fsp3) is 0.909. The highest BCUT2D eigenvalue weighted by Crippen LogP contribution is 2.22. The van der Waals surface area contributed by atoms with Crippen LogP contribution >= 0.6 is 0 Å². The number of carboxylic acid groups (broad SMARTS) is 1. The molecule has 0 aromatic rings. The largest absolute Gasteiger partial charge is 0.479 e. The van der Waals surface area contributed by atoms with E-state index in [2.05, 4.69) is 12.2 Å². The number of hydrogen-bond acceptors (Lipinski definition) is 4. The Balaban J connectivity index is 2.27. The van der Waals surface area contributed by atoms with Gasteiger partial charge in [0.25, 0.3) is 0 Å². The van der Waals surface area contributed by atoms with Gasteiger partial charge in [0.1, 0.15) is 0 Å². The van der Waals surface area contributed by atoms with Crippen molar-refractivity contribution in [1.29, 1.82) is 0 Å². The van der Waals surface area contributed by atoms with Crippen LogP contribution in [0, 0.1) is 5.92 Å². The Morgan fingerprint density at radius 2 is 2.31 bits per heavy atom. The Morgan fingerprint density at radius 3 is 2.88 bits per heavy atom. The smallest absolute Gasteiger partial charge is 0.336 e. The molecule has 16 heavy (non-hydrogen) atoms. The average Bonchev–Trinajstić information content (AvgIpc) is 2.64. The molecule has 94 valence electrons. The van der Waals surface area contributed by atoms with Gasteiger partial charge in [-0.05, 0) is 25.7 Å². The molecule has 0 aromatic carbocycles. The molecule has 1 heterocycles. The summed E-state index contributed by atoms with van der Waals surface area (Å²) < 4.78 is 5.53. The zero-order valence-corrected chi connectivity index (χ0v) is 9.90. The summed E-state index contributed by atoms with van der Waals surface area (Å²) in [5.41, 5.74) is -1.69. The number of carboxylic acids is 1. The van der Waals surface area contributed by atoms with Crippen molar-refractivity contribution in [2.45, 2.75) is 38.4 Å². The molecular weight excluding hydrogens is 210 g/mol. The molecule has 1 aliphatic rings. The van der Waals surface area contributed by atoms with Gasteiger partial charge in [0.05, 0.1) is 6.10 Å². The summed E-state index contributed by atoms with van der Waals surface area (Å²) in [6.07, 6.45) is 2.24. The fourth-order valence-electron chi connectivity index (χ4n) is 1.95. The molecule has 1 fully saturated rings. The lowest BCUT2D eigenvalue weighted by atomic mass is 9.99. The Labute approximate surface area is 95.8 Å². The van der Waals surface area contributed by atoms with Gasteiger partial charge in [-0.3, -0.25) is 0 Å². The van der Waals surface area contributed by atoms with Crippen LogP contribution in [0.4, 0.5) is 0 Å². The van der Waals surface area contributed by atoms with E-state index in [4.69, 9.17) is 9.84 Å². The summed E-state index contributed by atoms with van der Waals surface area (Å²) in [6, 6.07) is 0. The number of rotatable bonds is 6. The predicted octanol–water partition coefficient (Wildman–Crippen LogP) is 0.227. The number of aliphatic hydroxyl groups is 1. The SMILES string of the molecule is CCC1OCCC1CNCC(C)(O)C(=O)O. The third kappa shape index (κ3) is 3.43. The third-order valence-corrected chi connectivity index (χ3v) is 3.09. The second-order valence-corrected chi connectivity index (χ2v) is 4.58. The molecule has 0 saturated carbocycles. The minimum atomic E-state index is -1.69. The van der Waals surface area contributed by atoms with Gasteiger partial charge in [0.2, 0.25) is 0 Å². The van der Waals surface area contributed by atoms with Crippen molar-refractivity contribution in [3.8, 4) is 0 Å². The first-order valence-electron chi connectivity index (χ1n) is 5.75. The van der Waals surface area contributed by atoms with Crippen molar-refractivity contribution in [2.24, 2.45) is 5.92 Å². The maximum Gasteiger partial charge on any atom is 0.336 e. The molecule has 0 bridgehead atoms. The Bertz CT molecular complexity index is 242. The van der Waals surface area contributed by atoms with Gasteiger partial charge in [0, 0.05) is 19.7 Å². The van der Waals surface area contributed by atoms with Crippen molar-refractivity contribution < 1.29 is 19.7 Å². The van der Waals surface area contributed by atoms with Crippen LogP contribution in [0.15, 0.2) is 0 Å². The van der Waals surface area contributed by atoms with E-state index < -0.39 is 11.6 Å². The van der Waals surface area contributed by atoms with Crippen molar-refractivity contribution in [3.63, 3.8) is 0 Å². The maximum atomic E-state index is 10.7. The van der Waals surface area contributed by atoms with Gasteiger partial charge in [-0.25, -0.2) is 4.79 Å². The maximum absolute atomic E-state index is 10.7. The summed E-state index contributed by atoms with van der Waals surface area (Å²) in [6.45, 7) is 4.92. The van der Waals surface area contributed by atoms with E-state index >= 15 is 0 Å². The summed E-state index contributed by atoms with van der Waals surface area (Å²) in [5, 5.41) is 21.2. The predicted molar refractivity (Wildman–Crippen MR) is 59.3 cm³/mol. The minimum absolute atomic E-state index is 0.0647. The first kappa shape index (κ1) is 13.4. The molecule has 3 N–H and O–H groups in total. The molecule has 5 heteroatoms. The van der Waals surface area contributed by atoms with Crippen molar-refractivity contribution in [2.75, 3.05) is 19.7 Å². The van der Waals surface area contributed by atoms with E-state index in [1.807, 2.05) is 0 Å². The van der Waals surface area contributed by atoms with Crippen LogP contribution in [0.5, 0.6) is 0 Å². The van der Waals surface area contributed by atoms with Gasteiger partial charge in [-0.15, -0.1) is 0 Å². The molecule has 3 atom stereocenters. The van der Waals surface area contributed by atoms with E-state index in [-0.39, 0.29) is 12.6 Å². The van der Waals surface area contributed by atoms with Crippen LogP contribution in [0.1, 0.15) is 26.7 Å². The van der Waals surface area contributed by atoms with E-state index in [1.54, 1.807) is 0 Å². The normalized spacial score (nSPS) is 28.9. The second kappa shape index (κ2) is 5.61. The lowest BCUT2D eigenvalue weighted by Crippen LogP contribution is -2.46. The summed E-state index contributed by atoms with van der Waals surface area (Å²) in [7, 11) is 0. The average molecular weight is 231 g/mol. The van der Waals surface area contributed by atoms with Crippen molar-refractivity contribution in [1.82, 2.24) is 5.32 Å². The number of aliphatic carboxylic acids is 1. The van der Waals surface area contributed by atoms with Gasteiger partial charge in [-0.1, -0.05) is 6.92 Å². The molecule has 0 amide bonds. The molecule has 0 spiro atoms. The zero-order valence-electron chi connectivity index (χ0n) is 9.90. The number of ether oxygens (including phenoxy) is 1. The van der Waals surface area contributed by atoms with Crippen LogP contribution in [0.2, 0.25) is 0 Å². The van der Waals surface area contributed by atoms with Crippen molar-refractivity contribution in [3.05, 3.63) is 0 Å². The van der Waals surface area contributed by atoms with Gasteiger partial charge < -0.3 is 20.3 Å². The minimum Gasteiger partial charge on any atom is -0.479 e. The van der Waals surface area contributed by atoms with E-state index in [1.165, 1.54) is 6.92 Å². The Kier molecular flexibility index (Phi) is 4.70. The monoisotopic (exact) mass is 231 g/mol. The topological polar surface area (TPSA) is 78.8 Å². The summed E-state index contributed by atoms with van der Waals surface area (Å²) in [5.74, 6) is -0.774. The van der Waals surface area contributed by atoms with Crippen LogP contribution < -0.4 is 5.32 Å². The van der Waals surface area contributed by atoms with Crippen LogP contribution in [0.3, 0.4) is 0 Å². The van der Waals surface area contributed by atoms with Gasteiger partial charge >= 0.3 is 5.97 Å². The molecule has 1 rings (SSSR count). The lowest BCUT2D eigenvalue weighted by Gasteiger charge is -2.21. The number of carbonyl (C=O) groups is 1. The van der Waals surface area contributed by atoms with Crippen LogP contribution in [-0.4, -0.2) is 47.6 Å². The zero-order chi connectivity index (χ0) is 12.2. The molecule has 1 saturated heterocycles. The quantitative estimate of drug-likeness (QED) is 0.609. The standard InChI is InChI=1S/C11H21NO4/c1-3-9-8(4-5-16-9)6-12-7-11(2,15)10(13)14/h8-9,12,15H,3-7H2,1-2H3,(H,13,14). The highest BCUT2D eigenvalue weighted by atomic mass is 16.5. The third-order valence-electron chi connectivity index (χ3n) is 3.09. The first-order valence-corrected chi connectivity index (χ1v) is 5.75. The fourth-order valence-corrected chi connectivity index (χ4v) is 1.95. The number of hydrogen-bond donors (Lipinski definition) is 3. The van der Waals surface area contributed by atoms with Gasteiger partial charge in [0.15, 0.2) is 5.60 Å². The second-order valence-electron chi connectivity index (χ2n) is 4.58. The molecule has 5 nitrogen and oxygen atoms in total. The Hall–Kier alpha value is -0.650. The van der Waals surface area contributed by atoms with Crippen LogP contribution in [0.25, 0.3) is 0 Å². The van der Waals surface area contributed by atoms with Crippen molar-refractivity contribution >= 4 is 5.97 Å². The summed E-state index contributed by atoms with van der Waals surface area (Å²) >= 11 is 0. The summed E-state index contributed by atoms with van der Waals surface area (Å²) in [4.78, 5) is 10.7. The number of nitrogens with one attached hydrogen (secondary N) is 1. The highest BCUT2D eigenvalue weighted by Gasteiger charge is 2.31. The van der Waals surface area contributed by atoms with E-state index in [0.29, 0.717) is 12.5 Å². The molecule has 0 aromatic heterocycles. The molecule has 3 unspecified atom stereocenters.